The molecule has 0 saturated heterocycles. The summed E-state index contributed by atoms with van der Waals surface area (Å²) in [5.41, 5.74) is 14.9. The molecule has 4 heteroatoms. The average Bonchev–Trinajstić information content (AvgIpc) is 3.85. The topological polar surface area (TPSA) is 52.1 Å². The fraction of sp³-hybridized carbons (Fsp3) is 0. The maximum atomic E-state index is 6.67. The number of hydrogen-bond acceptors (Lipinski definition) is 4. The summed E-state index contributed by atoms with van der Waals surface area (Å²) in [7, 11) is 0. The second-order valence-electron chi connectivity index (χ2n) is 14.1. The van der Waals surface area contributed by atoms with Gasteiger partial charge in [-0.15, -0.1) is 0 Å². The Morgan fingerprint density at radius 1 is 0.304 bits per heavy atom. The highest BCUT2D eigenvalue weighted by molar-refractivity contribution is 6.17. The maximum Gasteiger partial charge on any atom is 0.160 e. The third-order valence-electron chi connectivity index (χ3n) is 10.8. The molecule has 11 rings (SSSR count). The van der Waals surface area contributed by atoms with E-state index in [0.717, 1.165) is 94.2 Å². The van der Waals surface area contributed by atoms with Gasteiger partial charge in [-0.1, -0.05) is 158 Å². The molecule has 0 unspecified atom stereocenters. The predicted octanol–water partition coefficient (Wildman–Crippen LogP) is 14.3. The van der Waals surface area contributed by atoms with Gasteiger partial charge in [0.15, 0.2) is 5.82 Å². The lowest BCUT2D eigenvalue weighted by atomic mass is 9.93. The van der Waals surface area contributed by atoms with Crippen LogP contribution in [0.2, 0.25) is 0 Å². The molecule has 0 atom stereocenters. The normalized spacial score (nSPS) is 11.6. The fourth-order valence-corrected chi connectivity index (χ4v) is 7.93. The van der Waals surface area contributed by atoms with Gasteiger partial charge in [0.2, 0.25) is 0 Å². The highest BCUT2D eigenvalue weighted by Crippen LogP contribution is 2.43. The predicted molar refractivity (Wildman–Crippen MR) is 229 cm³/mol. The molecular weight excluding hydrogens is 685 g/mol. The highest BCUT2D eigenvalue weighted by atomic mass is 16.3. The van der Waals surface area contributed by atoms with E-state index in [1.165, 1.54) is 11.1 Å². The SMILES string of the molecule is c1ccc(-c2ccc(-c3cc(-c4ccc(-c5ccc(-c6ccc7c(c6)oc6ccccc67)c6c5oc5ccccc56)cc4)nc(-c4ccccc4)n3)cc2)cc1. The van der Waals surface area contributed by atoms with E-state index in [0.29, 0.717) is 5.82 Å². The first-order valence-corrected chi connectivity index (χ1v) is 18.8. The third kappa shape index (κ3) is 5.47. The zero-order valence-corrected chi connectivity index (χ0v) is 30.2. The van der Waals surface area contributed by atoms with Crippen LogP contribution >= 0.6 is 0 Å². The number of hydrogen-bond donors (Lipinski definition) is 0. The van der Waals surface area contributed by atoms with Crippen molar-refractivity contribution in [3.8, 4) is 67.3 Å². The van der Waals surface area contributed by atoms with Crippen LogP contribution in [0.25, 0.3) is 111 Å². The van der Waals surface area contributed by atoms with Gasteiger partial charge in [0.05, 0.1) is 11.4 Å². The number of fused-ring (bicyclic) bond motifs is 6. The molecule has 0 aliphatic carbocycles. The first-order chi connectivity index (χ1) is 27.7. The van der Waals surface area contributed by atoms with Crippen molar-refractivity contribution in [3.63, 3.8) is 0 Å². The number of nitrogens with zero attached hydrogens (tertiary/aromatic N) is 2. The molecule has 3 heterocycles. The molecule has 4 nitrogen and oxygen atoms in total. The van der Waals surface area contributed by atoms with E-state index < -0.39 is 0 Å². The van der Waals surface area contributed by atoms with E-state index in [1.54, 1.807) is 0 Å². The quantitative estimate of drug-likeness (QED) is 0.172. The molecule has 3 aromatic heterocycles. The van der Waals surface area contributed by atoms with Crippen molar-refractivity contribution >= 4 is 43.9 Å². The molecule has 56 heavy (non-hydrogen) atoms. The van der Waals surface area contributed by atoms with E-state index in [9.17, 15) is 0 Å². The second-order valence-corrected chi connectivity index (χ2v) is 14.1. The Hall–Kier alpha value is -7.56. The van der Waals surface area contributed by atoms with Crippen LogP contribution in [-0.4, -0.2) is 9.97 Å². The monoisotopic (exact) mass is 716 g/mol. The Labute approximate surface area is 323 Å². The number of benzene rings is 8. The Morgan fingerprint density at radius 2 is 0.804 bits per heavy atom. The van der Waals surface area contributed by atoms with Crippen molar-refractivity contribution in [2.45, 2.75) is 0 Å². The van der Waals surface area contributed by atoms with Crippen LogP contribution in [0, 0.1) is 0 Å². The van der Waals surface area contributed by atoms with Crippen LogP contribution in [0.4, 0.5) is 0 Å². The zero-order chi connectivity index (χ0) is 37.0. The van der Waals surface area contributed by atoms with Crippen LogP contribution < -0.4 is 0 Å². The lowest BCUT2D eigenvalue weighted by Gasteiger charge is -2.11. The molecule has 0 spiro atoms. The molecule has 0 saturated carbocycles. The Morgan fingerprint density at radius 3 is 1.50 bits per heavy atom. The molecule has 11 aromatic rings. The summed E-state index contributed by atoms with van der Waals surface area (Å²) in [6.07, 6.45) is 0. The molecule has 0 amide bonds. The summed E-state index contributed by atoms with van der Waals surface area (Å²) in [4.78, 5) is 10.1. The van der Waals surface area contributed by atoms with Gasteiger partial charge in [-0.3, -0.25) is 0 Å². The molecule has 0 bridgehead atoms. The first kappa shape index (κ1) is 31.9. The summed E-state index contributed by atoms with van der Waals surface area (Å²) < 4.78 is 13.0. The smallest absolute Gasteiger partial charge is 0.160 e. The van der Waals surface area contributed by atoms with E-state index in [2.05, 4.69) is 146 Å². The van der Waals surface area contributed by atoms with Crippen molar-refractivity contribution in [3.05, 3.63) is 194 Å². The van der Waals surface area contributed by atoms with Gasteiger partial charge in [0.1, 0.15) is 22.3 Å². The van der Waals surface area contributed by atoms with Crippen molar-refractivity contribution < 1.29 is 8.83 Å². The van der Waals surface area contributed by atoms with E-state index in [4.69, 9.17) is 18.8 Å². The van der Waals surface area contributed by atoms with Crippen LogP contribution in [0.15, 0.2) is 203 Å². The van der Waals surface area contributed by atoms with Gasteiger partial charge < -0.3 is 8.83 Å². The molecule has 8 aromatic carbocycles. The minimum atomic E-state index is 0.690. The van der Waals surface area contributed by atoms with Gasteiger partial charge in [-0.2, -0.15) is 0 Å². The van der Waals surface area contributed by atoms with Gasteiger partial charge in [0.25, 0.3) is 0 Å². The van der Waals surface area contributed by atoms with Crippen molar-refractivity contribution in [2.24, 2.45) is 0 Å². The van der Waals surface area contributed by atoms with Crippen molar-refractivity contribution in [2.75, 3.05) is 0 Å². The molecule has 0 aliphatic heterocycles. The summed E-state index contributed by atoms with van der Waals surface area (Å²) in [6.45, 7) is 0. The lowest BCUT2D eigenvalue weighted by Crippen LogP contribution is -1.96. The molecule has 262 valence electrons. The Balaban J connectivity index is 0.998. The molecule has 0 aliphatic rings. The van der Waals surface area contributed by atoms with E-state index in [1.807, 2.05) is 48.5 Å². The van der Waals surface area contributed by atoms with Crippen LogP contribution in [0.3, 0.4) is 0 Å². The minimum absolute atomic E-state index is 0.690. The van der Waals surface area contributed by atoms with Gasteiger partial charge in [-0.05, 0) is 64.2 Å². The molecule has 0 radical (unpaired) electrons. The summed E-state index contributed by atoms with van der Waals surface area (Å²) in [5, 5.41) is 4.41. The first-order valence-electron chi connectivity index (χ1n) is 18.8. The largest absolute Gasteiger partial charge is 0.456 e. The summed E-state index contributed by atoms with van der Waals surface area (Å²) >= 11 is 0. The summed E-state index contributed by atoms with van der Waals surface area (Å²) in [5.74, 6) is 0.690. The molecule has 0 fully saturated rings. The van der Waals surface area contributed by atoms with Crippen LogP contribution in [-0.2, 0) is 0 Å². The van der Waals surface area contributed by atoms with E-state index in [-0.39, 0.29) is 0 Å². The second kappa shape index (κ2) is 13.1. The Kier molecular flexibility index (Phi) is 7.46. The zero-order valence-electron chi connectivity index (χ0n) is 30.2. The maximum absolute atomic E-state index is 6.67. The van der Waals surface area contributed by atoms with Gasteiger partial charge >= 0.3 is 0 Å². The minimum Gasteiger partial charge on any atom is -0.456 e. The highest BCUT2D eigenvalue weighted by Gasteiger charge is 2.19. The average molecular weight is 717 g/mol. The van der Waals surface area contributed by atoms with Crippen molar-refractivity contribution in [1.82, 2.24) is 9.97 Å². The van der Waals surface area contributed by atoms with Crippen molar-refractivity contribution in [1.29, 1.82) is 0 Å². The third-order valence-corrected chi connectivity index (χ3v) is 10.8. The fourth-order valence-electron chi connectivity index (χ4n) is 7.93. The number of rotatable bonds is 6. The number of furan rings is 2. The van der Waals surface area contributed by atoms with E-state index >= 15 is 0 Å². The molecular formula is C52H32N2O2. The van der Waals surface area contributed by atoms with Crippen LogP contribution in [0.5, 0.6) is 0 Å². The number of aromatic nitrogens is 2. The van der Waals surface area contributed by atoms with Gasteiger partial charge in [0, 0.05) is 43.8 Å². The number of para-hydroxylation sites is 2. The lowest BCUT2D eigenvalue weighted by molar-refractivity contribution is 0.668. The van der Waals surface area contributed by atoms with Gasteiger partial charge in [-0.25, -0.2) is 9.97 Å². The molecule has 0 N–H and O–H groups in total. The standard InChI is InChI=1S/C52H32N2O2/c1-3-11-33(12-4-1)34-19-23-36(24-20-34)45-32-46(54-52(53-45)38-13-5-2-6-14-38)37-25-21-35(22-26-37)41-30-29-40(50-44-16-8-10-18-48(44)56-51(41)50)39-27-28-43-42-15-7-9-17-47(42)55-49(43)31-39/h1-32H. The Bertz CT molecular complexity index is 3220. The summed E-state index contributed by atoms with van der Waals surface area (Å²) in [6, 6.07) is 67.3. The van der Waals surface area contributed by atoms with Crippen LogP contribution in [0.1, 0.15) is 0 Å².